The van der Waals surface area contributed by atoms with Crippen LogP contribution in [0.25, 0.3) is 0 Å². The molecule has 0 bridgehead atoms. The Bertz CT molecular complexity index is 506. The number of anilines is 1. The van der Waals surface area contributed by atoms with Gasteiger partial charge in [0.25, 0.3) is 5.91 Å². The van der Waals surface area contributed by atoms with Crippen LogP contribution in [0.2, 0.25) is 0 Å². The van der Waals surface area contributed by atoms with E-state index in [0.717, 1.165) is 15.2 Å². The molecular weight excluding hydrogens is 312 g/mol. The molecule has 0 aliphatic carbocycles. The van der Waals surface area contributed by atoms with Gasteiger partial charge in [0.05, 0.1) is 7.11 Å². The molecule has 1 heterocycles. The zero-order valence-corrected chi connectivity index (χ0v) is 12.4. The number of halogens is 1. The molecule has 19 heavy (non-hydrogen) atoms. The van der Waals surface area contributed by atoms with Gasteiger partial charge in [0.2, 0.25) is 5.91 Å². The summed E-state index contributed by atoms with van der Waals surface area (Å²) in [5.74, 6) is -1.12. The maximum absolute atomic E-state index is 12.3. The van der Waals surface area contributed by atoms with Crippen LogP contribution in [0.3, 0.4) is 0 Å². The van der Waals surface area contributed by atoms with Gasteiger partial charge in [-0.15, -0.1) is 0 Å². The van der Waals surface area contributed by atoms with E-state index >= 15 is 0 Å². The lowest BCUT2D eigenvalue weighted by Crippen LogP contribution is -2.37. The van der Waals surface area contributed by atoms with Crippen molar-refractivity contribution in [2.24, 2.45) is 5.92 Å². The minimum absolute atomic E-state index is 0.174. The molecule has 1 atom stereocenters. The molecule has 1 aromatic rings. The fraction of sp³-hybridized carbons (Fsp3) is 0.385. The van der Waals surface area contributed by atoms with Gasteiger partial charge in [-0.05, 0) is 24.6 Å². The lowest BCUT2D eigenvalue weighted by atomic mass is 10.1. The average Bonchev–Trinajstić information content (AvgIpc) is 2.78. The quantitative estimate of drug-likeness (QED) is 0.629. The Hall–Kier alpha value is -1.40. The average molecular weight is 327 g/mol. The van der Waals surface area contributed by atoms with Gasteiger partial charge in [0.1, 0.15) is 5.92 Å². The Labute approximate surface area is 120 Å². The van der Waals surface area contributed by atoms with E-state index in [-0.39, 0.29) is 11.8 Å². The van der Waals surface area contributed by atoms with Crippen molar-refractivity contribution < 1.29 is 14.4 Å². The van der Waals surface area contributed by atoms with Gasteiger partial charge in [-0.2, -0.15) is 0 Å². The number of nitrogens with zero attached hydrogens (tertiary/aromatic N) is 2. The highest BCUT2D eigenvalue weighted by Gasteiger charge is 2.39. The Kier molecular flexibility index (Phi) is 4.21. The molecule has 1 fully saturated rings. The van der Waals surface area contributed by atoms with Gasteiger partial charge in [-0.25, -0.2) is 5.06 Å². The number of carbonyl (C=O) groups is 2. The molecule has 1 aromatic carbocycles. The van der Waals surface area contributed by atoms with Crippen LogP contribution in [0.15, 0.2) is 28.7 Å². The maximum atomic E-state index is 12.3. The standard InChI is InChI=1S/C13H15BrN2O3/c1-15(19-2)12(17)11-6-7-16(13(11)18)10-5-3-4-9(14)8-10/h3-5,8,11H,6-7H2,1-2H3. The zero-order chi connectivity index (χ0) is 14.0. The van der Waals surface area contributed by atoms with Crippen molar-refractivity contribution in [2.75, 3.05) is 25.6 Å². The summed E-state index contributed by atoms with van der Waals surface area (Å²) in [5, 5.41) is 1.10. The second kappa shape index (κ2) is 5.71. The summed E-state index contributed by atoms with van der Waals surface area (Å²) < 4.78 is 0.904. The van der Waals surface area contributed by atoms with Gasteiger partial charge in [-0.3, -0.25) is 14.4 Å². The SMILES string of the molecule is CON(C)C(=O)C1CCN(c2cccc(Br)c2)C1=O. The van der Waals surface area contributed by atoms with E-state index in [2.05, 4.69) is 15.9 Å². The predicted molar refractivity (Wildman–Crippen MR) is 74.4 cm³/mol. The third-order valence-corrected chi connectivity index (χ3v) is 3.70. The van der Waals surface area contributed by atoms with Crippen LogP contribution in [0, 0.1) is 5.92 Å². The van der Waals surface area contributed by atoms with Crippen molar-refractivity contribution in [3.63, 3.8) is 0 Å². The summed E-state index contributed by atoms with van der Waals surface area (Å²) in [6.07, 6.45) is 0.512. The first-order chi connectivity index (χ1) is 9.04. The number of hydroxylamine groups is 2. The zero-order valence-electron chi connectivity index (χ0n) is 10.8. The fourth-order valence-corrected chi connectivity index (χ4v) is 2.51. The number of hydrogen-bond donors (Lipinski definition) is 0. The molecule has 1 saturated heterocycles. The molecule has 1 aliphatic rings. The first-order valence-corrected chi connectivity index (χ1v) is 6.72. The summed E-state index contributed by atoms with van der Waals surface area (Å²) in [7, 11) is 2.92. The normalized spacial score (nSPS) is 18.8. The molecule has 102 valence electrons. The van der Waals surface area contributed by atoms with Gasteiger partial charge < -0.3 is 4.90 Å². The van der Waals surface area contributed by atoms with Crippen LogP contribution in [0.5, 0.6) is 0 Å². The van der Waals surface area contributed by atoms with E-state index in [0.29, 0.717) is 13.0 Å². The monoisotopic (exact) mass is 326 g/mol. The van der Waals surface area contributed by atoms with Crippen molar-refractivity contribution >= 4 is 33.4 Å². The van der Waals surface area contributed by atoms with E-state index < -0.39 is 5.92 Å². The van der Waals surface area contributed by atoms with Gasteiger partial charge in [-0.1, -0.05) is 22.0 Å². The topological polar surface area (TPSA) is 49.9 Å². The summed E-state index contributed by atoms with van der Waals surface area (Å²) in [6.45, 7) is 0.545. The van der Waals surface area contributed by atoms with Crippen LogP contribution in [0.1, 0.15) is 6.42 Å². The highest BCUT2D eigenvalue weighted by atomic mass is 79.9. The summed E-state index contributed by atoms with van der Waals surface area (Å²) in [6, 6.07) is 7.48. The van der Waals surface area contributed by atoms with Crippen LogP contribution in [0.4, 0.5) is 5.69 Å². The molecule has 0 saturated carbocycles. The second-order valence-electron chi connectivity index (χ2n) is 4.33. The van der Waals surface area contributed by atoms with Crippen LogP contribution < -0.4 is 4.90 Å². The lowest BCUT2D eigenvalue weighted by molar-refractivity contribution is -0.173. The number of hydrogen-bond acceptors (Lipinski definition) is 3. The van der Waals surface area contributed by atoms with Crippen LogP contribution >= 0.6 is 15.9 Å². The van der Waals surface area contributed by atoms with E-state index in [1.807, 2.05) is 24.3 Å². The van der Waals surface area contributed by atoms with Crippen molar-refractivity contribution in [3.8, 4) is 0 Å². The van der Waals surface area contributed by atoms with Crippen molar-refractivity contribution in [3.05, 3.63) is 28.7 Å². The van der Waals surface area contributed by atoms with Crippen molar-refractivity contribution in [1.29, 1.82) is 0 Å². The highest BCUT2D eigenvalue weighted by molar-refractivity contribution is 9.10. The molecule has 5 nitrogen and oxygen atoms in total. The Balaban J connectivity index is 2.16. The van der Waals surface area contributed by atoms with Gasteiger partial charge in [0.15, 0.2) is 0 Å². The van der Waals surface area contributed by atoms with Gasteiger partial charge in [0, 0.05) is 23.8 Å². The number of amides is 2. The van der Waals surface area contributed by atoms with E-state index in [1.165, 1.54) is 14.2 Å². The molecule has 6 heteroatoms. The molecule has 0 N–H and O–H groups in total. The van der Waals surface area contributed by atoms with Gasteiger partial charge >= 0.3 is 0 Å². The van der Waals surface area contributed by atoms with E-state index in [1.54, 1.807) is 4.90 Å². The van der Waals surface area contributed by atoms with Crippen molar-refractivity contribution in [1.82, 2.24) is 5.06 Å². The van der Waals surface area contributed by atoms with Crippen LogP contribution in [-0.4, -0.2) is 37.6 Å². The third-order valence-electron chi connectivity index (χ3n) is 3.21. The summed E-state index contributed by atoms with van der Waals surface area (Å²) in [5.41, 5.74) is 0.801. The number of rotatable bonds is 3. The summed E-state index contributed by atoms with van der Waals surface area (Å²) >= 11 is 3.37. The largest absolute Gasteiger partial charge is 0.312 e. The molecule has 0 aromatic heterocycles. The summed E-state index contributed by atoms with van der Waals surface area (Å²) in [4.78, 5) is 30.7. The molecule has 1 unspecified atom stereocenters. The molecule has 0 spiro atoms. The molecule has 0 radical (unpaired) electrons. The van der Waals surface area contributed by atoms with E-state index in [9.17, 15) is 9.59 Å². The number of carbonyl (C=O) groups excluding carboxylic acids is 2. The first-order valence-electron chi connectivity index (χ1n) is 5.93. The minimum Gasteiger partial charge on any atom is -0.312 e. The predicted octanol–water partition coefficient (Wildman–Crippen LogP) is 1.82. The highest BCUT2D eigenvalue weighted by Crippen LogP contribution is 2.28. The Morgan fingerprint density at radius 3 is 2.89 bits per heavy atom. The van der Waals surface area contributed by atoms with Crippen LogP contribution in [-0.2, 0) is 14.4 Å². The smallest absolute Gasteiger partial charge is 0.258 e. The maximum Gasteiger partial charge on any atom is 0.258 e. The molecular formula is C13H15BrN2O3. The Morgan fingerprint density at radius 2 is 2.26 bits per heavy atom. The first kappa shape index (κ1) is 14.0. The Morgan fingerprint density at radius 1 is 1.53 bits per heavy atom. The molecule has 2 amide bonds. The molecule has 1 aliphatic heterocycles. The number of benzene rings is 1. The fourth-order valence-electron chi connectivity index (χ4n) is 2.12. The lowest BCUT2D eigenvalue weighted by Gasteiger charge is -2.19. The van der Waals surface area contributed by atoms with E-state index in [4.69, 9.17) is 4.84 Å². The molecule has 2 rings (SSSR count). The third kappa shape index (κ3) is 2.79. The minimum atomic E-state index is -0.649. The second-order valence-corrected chi connectivity index (χ2v) is 5.24. The van der Waals surface area contributed by atoms with Crippen molar-refractivity contribution in [2.45, 2.75) is 6.42 Å².